The van der Waals surface area contributed by atoms with Crippen LogP contribution in [-0.2, 0) is 22.6 Å². The Morgan fingerprint density at radius 3 is 2.78 bits per heavy atom. The fourth-order valence-corrected chi connectivity index (χ4v) is 4.73. The highest BCUT2D eigenvalue weighted by atomic mass is 32.2. The number of carbonyl (C=O) groups is 1. The third kappa shape index (κ3) is 4.28. The smallest absolute Gasteiger partial charge is 0.297 e. The number of benzene rings is 2. The standard InChI is InChI=1S/C24H23N3O4S/c28-20(25-13-16-7-2-1-3-8-16)15-32-24-26-21-18-10-4-5-11-19(18)31-22(21)23(29)27(24)14-17-9-6-12-30-17/h1-5,7-8,10-11,17H,6,9,12-15H2,(H,25,28)/t17-/m0/s1. The molecule has 2 aromatic carbocycles. The number of fused-ring (bicyclic) bond motifs is 3. The number of hydrogen-bond donors (Lipinski definition) is 1. The maximum atomic E-state index is 13.3. The predicted molar refractivity (Wildman–Crippen MR) is 124 cm³/mol. The lowest BCUT2D eigenvalue weighted by molar-refractivity contribution is -0.118. The minimum atomic E-state index is -0.242. The molecule has 1 saturated heterocycles. The molecule has 0 aliphatic carbocycles. The maximum Gasteiger partial charge on any atom is 0.297 e. The van der Waals surface area contributed by atoms with E-state index in [-0.39, 0.29) is 28.9 Å². The van der Waals surface area contributed by atoms with Gasteiger partial charge < -0.3 is 14.5 Å². The second-order valence-corrected chi connectivity index (χ2v) is 8.71. The van der Waals surface area contributed by atoms with E-state index in [0.717, 1.165) is 23.8 Å². The zero-order chi connectivity index (χ0) is 21.9. The van der Waals surface area contributed by atoms with Crippen molar-refractivity contribution in [3.05, 3.63) is 70.5 Å². The van der Waals surface area contributed by atoms with Gasteiger partial charge in [-0.2, -0.15) is 0 Å². The summed E-state index contributed by atoms with van der Waals surface area (Å²) in [6.45, 7) is 1.55. The van der Waals surface area contributed by atoms with Gasteiger partial charge in [-0.05, 0) is 30.5 Å². The largest absolute Gasteiger partial charge is 0.448 e. The van der Waals surface area contributed by atoms with Gasteiger partial charge in [-0.3, -0.25) is 14.2 Å². The van der Waals surface area contributed by atoms with Crippen molar-refractivity contribution in [2.45, 2.75) is 37.2 Å². The van der Waals surface area contributed by atoms with Crippen molar-refractivity contribution >= 4 is 39.7 Å². The van der Waals surface area contributed by atoms with Crippen LogP contribution < -0.4 is 10.9 Å². The predicted octanol–water partition coefficient (Wildman–Crippen LogP) is 3.73. The van der Waals surface area contributed by atoms with E-state index in [1.165, 1.54) is 11.8 Å². The Balaban J connectivity index is 1.42. The fourth-order valence-electron chi connectivity index (χ4n) is 3.89. The normalized spacial score (nSPS) is 16.1. The molecule has 3 heterocycles. The summed E-state index contributed by atoms with van der Waals surface area (Å²) in [4.78, 5) is 30.5. The van der Waals surface area contributed by atoms with E-state index in [4.69, 9.17) is 14.1 Å². The van der Waals surface area contributed by atoms with Crippen LogP contribution >= 0.6 is 11.8 Å². The molecule has 0 saturated carbocycles. The average molecular weight is 450 g/mol. The number of aromatic nitrogens is 2. The van der Waals surface area contributed by atoms with Crippen LogP contribution in [0.4, 0.5) is 0 Å². The molecule has 32 heavy (non-hydrogen) atoms. The molecule has 0 bridgehead atoms. The van der Waals surface area contributed by atoms with Crippen molar-refractivity contribution in [3.63, 3.8) is 0 Å². The van der Waals surface area contributed by atoms with Gasteiger partial charge in [0.25, 0.3) is 5.56 Å². The molecule has 0 unspecified atom stereocenters. The van der Waals surface area contributed by atoms with Gasteiger partial charge in [-0.1, -0.05) is 54.2 Å². The Labute approximate surface area is 188 Å². The van der Waals surface area contributed by atoms with E-state index in [9.17, 15) is 9.59 Å². The zero-order valence-corrected chi connectivity index (χ0v) is 18.3. The summed E-state index contributed by atoms with van der Waals surface area (Å²) < 4.78 is 13.2. The van der Waals surface area contributed by atoms with E-state index < -0.39 is 0 Å². The van der Waals surface area contributed by atoms with Gasteiger partial charge in [0.15, 0.2) is 5.16 Å². The average Bonchev–Trinajstić information content (AvgIpc) is 3.47. The van der Waals surface area contributed by atoms with Crippen LogP contribution in [0.25, 0.3) is 22.1 Å². The van der Waals surface area contributed by atoms with Gasteiger partial charge in [-0.25, -0.2) is 4.98 Å². The van der Waals surface area contributed by atoms with E-state index >= 15 is 0 Å². The summed E-state index contributed by atoms with van der Waals surface area (Å²) in [6, 6.07) is 17.2. The molecule has 8 heteroatoms. The summed E-state index contributed by atoms with van der Waals surface area (Å²) in [7, 11) is 0. The van der Waals surface area contributed by atoms with Crippen molar-refractivity contribution in [3.8, 4) is 0 Å². The number of thioether (sulfide) groups is 1. The Morgan fingerprint density at radius 2 is 1.97 bits per heavy atom. The molecule has 164 valence electrons. The molecule has 1 atom stereocenters. The number of nitrogens with zero attached hydrogens (tertiary/aromatic N) is 2. The van der Waals surface area contributed by atoms with Crippen molar-refractivity contribution in [1.29, 1.82) is 0 Å². The van der Waals surface area contributed by atoms with Crippen LogP contribution in [0.3, 0.4) is 0 Å². The first-order chi connectivity index (χ1) is 15.7. The molecule has 7 nitrogen and oxygen atoms in total. The van der Waals surface area contributed by atoms with Gasteiger partial charge in [-0.15, -0.1) is 0 Å². The number of amides is 1. The number of carbonyl (C=O) groups excluding carboxylic acids is 1. The lowest BCUT2D eigenvalue weighted by atomic mass is 10.2. The first-order valence-corrected chi connectivity index (χ1v) is 11.6. The highest BCUT2D eigenvalue weighted by Crippen LogP contribution is 2.28. The quantitative estimate of drug-likeness (QED) is 0.342. The lowest BCUT2D eigenvalue weighted by Gasteiger charge is -2.15. The minimum absolute atomic E-state index is 0.0393. The molecule has 1 aliphatic heterocycles. The molecule has 1 fully saturated rings. The monoisotopic (exact) mass is 449 g/mol. The van der Waals surface area contributed by atoms with Gasteiger partial charge in [0.05, 0.1) is 18.4 Å². The van der Waals surface area contributed by atoms with Crippen LogP contribution in [0.15, 0.2) is 69.0 Å². The third-order valence-electron chi connectivity index (χ3n) is 5.52. The van der Waals surface area contributed by atoms with E-state index in [2.05, 4.69) is 5.32 Å². The van der Waals surface area contributed by atoms with Gasteiger partial charge in [0.2, 0.25) is 11.5 Å². The number of para-hydroxylation sites is 1. The number of nitrogens with one attached hydrogen (secondary N) is 1. The van der Waals surface area contributed by atoms with Gasteiger partial charge in [0.1, 0.15) is 11.1 Å². The molecule has 0 spiro atoms. The first-order valence-electron chi connectivity index (χ1n) is 10.7. The first kappa shape index (κ1) is 20.8. The second-order valence-electron chi connectivity index (χ2n) is 7.77. The molecule has 5 rings (SSSR count). The van der Waals surface area contributed by atoms with Crippen LogP contribution in [0, 0.1) is 0 Å². The summed E-state index contributed by atoms with van der Waals surface area (Å²) in [6.07, 6.45) is 1.83. The van der Waals surface area contributed by atoms with Crippen LogP contribution in [0.2, 0.25) is 0 Å². The summed E-state index contributed by atoms with van der Waals surface area (Å²) in [5, 5.41) is 4.21. The topological polar surface area (TPSA) is 86.4 Å². The molecular formula is C24H23N3O4S. The van der Waals surface area contributed by atoms with Crippen molar-refractivity contribution in [1.82, 2.24) is 14.9 Å². The highest BCUT2D eigenvalue weighted by molar-refractivity contribution is 7.99. The Bertz CT molecular complexity index is 1310. The molecule has 0 radical (unpaired) electrons. The maximum absolute atomic E-state index is 13.3. The van der Waals surface area contributed by atoms with Crippen molar-refractivity contribution < 1.29 is 13.9 Å². The molecular weight excluding hydrogens is 426 g/mol. The molecule has 2 aromatic heterocycles. The van der Waals surface area contributed by atoms with E-state index in [1.54, 1.807) is 4.57 Å². The van der Waals surface area contributed by atoms with Gasteiger partial charge >= 0.3 is 0 Å². The molecule has 1 N–H and O–H groups in total. The number of hydrogen-bond acceptors (Lipinski definition) is 6. The SMILES string of the molecule is O=C(CSc1nc2c(oc3ccccc32)c(=O)n1C[C@@H]1CCCO1)NCc1ccccc1. The van der Waals surface area contributed by atoms with Gasteiger partial charge in [0, 0.05) is 18.5 Å². The van der Waals surface area contributed by atoms with Crippen LogP contribution in [0.1, 0.15) is 18.4 Å². The highest BCUT2D eigenvalue weighted by Gasteiger charge is 2.23. The zero-order valence-electron chi connectivity index (χ0n) is 17.5. The molecule has 1 aliphatic rings. The Kier molecular flexibility index (Phi) is 5.96. The molecule has 1 amide bonds. The molecule has 4 aromatic rings. The van der Waals surface area contributed by atoms with Crippen LogP contribution in [0.5, 0.6) is 0 Å². The second kappa shape index (κ2) is 9.18. The summed E-state index contributed by atoms with van der Waals surface area (Å²) >= 11 is 1.26. The third-order valence-corrected chi connectivity index (χ3v) is 6.50. The minimum Gasteiger partial charge on any atom is -0.448 e. The Hall–Kier alpha value is -3.10. The Morgan fingerprint density at radius 1 is 1.16 bits per heavy atom. The van der Waals surface area contributed by atoms with Crippen molar-refractivity contribution in [2.75, 3.05) is 12.4 Å². The van der Waals surface area contributed by atoms with E-state index in [0.29, 0.717) is 36.0 Å². The summed E-state index contributed by atoms with van der Waals surface area (Å²) in [5.74, 6) is 0.0421. The van der Waals surface area contributed by atoms with Crippen LogP contribution in [-0.4, -0.2) is 33.9 Å². The van der Waals surface area contributed by atoms with E-state index in [1.807, 2.05) is 54.6 Å². The summed E-state index contributed by atoms with van der Waals surface area (Å²) in [5.41, 5.74) is 2.18. The fraction of sp³-hybridized carbons (Fsp3) is 0.292. The lowest BCUT2D eigenvalue weighted by Crippen LogP contribution is -2.29. The number of furan rings is 1. The van der Waals surface area contributed by atoms with Crippen molar-refractivity contribution in [2.24, 2.45) is 0 Å². The number of rotatable bonds is 7. The number of ether oxygens (including phenoxy) is 1.